The van der Waals surface area contributed by atoms with Gasteiger partial charge in [-0.1, -0.05) is 17.7 Å². The minimum atomic E-state index is -1.11. The van der Waals surface area contributed by atoms with Crippen molar-refractivity contribution in [2.24, 2.45) is 5.41 Å². The molecule has 2 atom stereocenters. The van der Waals surface area contributed by atoms with Gasteiger partial charge in [0.2, 0.25) is 5.91 Å². The van der Waals surface area contributed by atoms with Crippen LogP contribution in [0.1, 0.15) is 36.0 Å². The molecule has 3 aliphatic heterocycles. The molecule has 158 valence electrons. The summed E-state index contributed by atoms with van der Waals surface area (Å²) in [5, 5.41) is 4.59. The second kappa shape index (κ2) is 6.41. The zero-order valence-electron chi connectivity index (χ0n) is 16.0. The Morgan fingerprint density at radius 3 is 2.60 bits per heavy atom. The van der Waals surface area contributed by atoms with Crippen LogP contribution in [0, 0.1) is 11.2 Å². The standard InChI is InChI=1S/C20H20ClFN4O4/c21-14-11(2-1-3-12(14)22)15(27)26-9-19(4-5-19)8-13(26)16(28)25-7-6-20(10-25)17(29)23-18(30)24-20/h1-3,13H,4-10H2,(H2,23,24,29,30)/t13-,20?/m1/s1. The zero-order valence-corrected chi connectivity index (χ0v) is 16.8. The van der Waals surface area contributed by atoms with Gasteiger partial charge in [0.25, 0.3) is 11.8 Å². The lowest BCUT2D eigenvalue weighted by Gasteiger charge is -2.29. The van der Waals surface area contributed by atoms with Crippen molar-refractivity contribution in [3.8, 4) is 0 Å². The Bertz CT molecular complexity index is 997. The average Bonchev–Trinajstić information content (AvgIpc) is 3.04. The third-order valence-corrected chi connectivity index (χ3v) is 7.17. The first kappa shape index (κ1) is 19.3. The highest BCUT2D eigenvalue weighted by molar-refractivity contribution is 6.34. The topological polar surface area (TPSA) is 98.8 Å². The number of carbonyl (C=O) groups excluding carboxylic acids is 4. The summed E-state index contributed by atoms with van der Waals surface area (Å²) in [5.41, 5.74) is -1.15. The molecule has 0 aromatic heterocycles. The SMILES string of the molecule is O=C1NC(=O)C2(CCN(C(=O)[C@H]3CC4(CC4)CN3C(=O)c3cccc(F)c3Cl)C2)N1. The van der Waals surface area contributed by atoms with Crippen LogP contribution in [0.2, 0.25) is 5.02 Å². The van der Waals surface area contributed by atoms with Crippen molar-refractivity contribution in [2.75, 3.05) is 19.6 Å². The Morgan fingerprint density at radius 2 is 1.93 bits per heavy atom. The second-order valence-corrected chi connectivity index (χ2v) is 9.13. The maximum Gasteiger partial charge on any atom is 0.322 e. The van der Waals surface area contributed by atoms with Crippen LogP contribution < -0.4 is 10.6 Å². The molecule has 4 fully saturated rings. The molecule has 1 unspecified atom stereocenters. The van der Waals surface area contributed by atoms with Crippen molar-refractivity contribution in [1.82, 2.24) is 20.4 Å². The molecule has 30 heavy (non-hydrogen) atoms. The van der Waals surface area contributed by atoms with E-state index in [1.807, 2.05) is 0 Å². The lowest BCUT2D eigenvalue weighted by atomic mass is 9.99. The highest BCUT2D eigenvalue weighted by Gasteiger charge is 2.58. The molecule has 3 saturated heterocycles. The molecule has 8 nitrogen and oxygen atoms in total. The Kier molecular flexibility index (Phi) is 4.12. The number of likely N-dealkylation sites (tertiary alicyclic amines) is 2. The van der Waals surface area contributed by atoms with Crippen LogP contribution in [0.3, 0.4) is 0 Å². The number of benzene rings is 1. The summed E-state index contributed by atoms with van der Waals surface area (Å²) in [6.45, 7) is 0.791. The van der Waals surface area contributed by atoms with Gasteiger partial charge in [0.15, 0.2) is 0 Å². The number of urea groups is 1. The van der Waals surface area contributed by atoms with Crippen molar-refractivity contribution in [2.45, 2.75) is 37.3 Å². The molecule has 0 radical (unpaired) electrons. The van der Waals surface area contributed by atoms with Gasteiger partial charge >= 0.3 is 6.03 Å². The molecule has 10 heteroatoms. The van der Waals surface area contributed by atoms with E-state index in [0.717, 1.165) is 12.8 Å². The highest BCUT2D eigenvalue weighted by atomic mass is 35.5. The minimum absolute atomic E-state index is 0.0347. The summed E-state index contributed by atoms with van der Waals surface area (Å²) < 4.78 is 13.9. The lowest BCUT2D eigenvalue weighted by molar-refractivity contribution is -0.134. The van der Waals surface area contributed by atoms with Gasteiger partial charge in [-0.15, -0.1) is 0 Å². The van der Waals surface area contributed by atoms with Gasteiger partial charge in [-0.25, -0.2) is 9.18 Å². The quantitative estimate of drug-likeness (QED) is 0.685. The average molecular weight is 435 g/mol. The van der Waals surface area contributed by atoms with Crippen LogP contribution in [-0.4, -0.2) is 64.8 Å². The number of carbonyl (C=O) groups is 4. The Labute approximate surface area is 176 Å². The number of hydrogen-bond donors (Lipinski definition) is 2. The smallest absolute Gasteiger partial charge is 0.322 e. The summed E-state index contributed by atoms with van der Waals surface area (Å²) >= 11 is 6.02. The molecule has 1 saturated carbocycles. The zero-order chi connectivity index (χ0) is 21.3. The van der Waals surface area contributed by atoms with Gasteiger partial charge in [0.05, 0.1) is 17.1 Å². The number of rotatable bonds is 2. The van der Waals surface area contributed by atoms with Crippen molar-refractivity contribution < 1.29 is 23.6 Å². The van der Waals surface area contributed by atoms with E-state index in [1.54, 1.807) is 0 Å². The molecule has 2 N–H and O–H groups in total. The normalized spacial score (nSPS) is 28.9. The summed E-state index contributed by atoms with van der Waals surface area (Å²) in [6.07, 6.45) is 2.71. The van der Waals surface area contributed by atoms with E-state index in [-0.39, 0.29) is 28.5 Å². The van der Waals surface area contributed by atoms with E-state index in [9.17, 15) is 23.6 Å². The number of nitrogens with one attached hydrogen (secondary N) is 2. The number of hydrogen-bond acceptors (Lipinski definition) is 4. The Morgan fingerprint density at radius 1 is 1.17 bits per heavy atom. The maximum atomic E-state index is 13.9. The second-order valence-electron chi connectivity index (χ2n) is 8.75. The van der Waals surface area contributed by atoms with Gasteiger partial charge in [-0.2, -0.15) is 0 Å². The molecule has 3 heterocycles. The first-order chi connectivity index (χ1) is 14.2. The highest BCUT2D eigenvalue weighted by Crippen LogP contribution is 2.55. The van der Waals surface area contributed by atoms with Crippen molar-refractivity contribution >= 4 is 35.4 Å². The van der Waals surface area contributed by atoms with E-state index >= 15 is 0 Å². The number of amides is 5. The fraction of sp³-hybridized carbons (Fsp3) is 0.500. The van der Waals surface area contributed by atoms with Crippen molar-refractivity contribution in [3.63, 3.8) is 0 Å². The van der Waals surface area contributed by atoms with Gasteiger partial charge in [-0.3, -0.25) is 19.7 Å². The number of nitrogens with zero attached hydrogens (tertiary/aromatic N) is 2. The molecule has 0 bridgehead atoms. The van der Waals surface area contributed by atoms with E-state index in [4.69, 9.17) is 11.6 Å². The molecule has 2 spiro atoms. The van der Waals surface area contributed by atoms with Gasteiger partial charge < -0.3 is 15.1 Å². The lowest BCUT2D eigenvalue weighted by Crippen LogP contribution is -2.52. The van der Waals surface area contributed by atoms with Crippen LogP contribution in [0.25, 0.3) is 0 Å². The first-order valence-electron chi connectivity index (χ1n) is 9.91. The fourth-order valence-corrected chi connectivity index (χ4v) is 5.08. The van der Waals surface area contributed by atoms with E-state index in [2.05, 4.69) is 10.6 Å². The predicted molar refractivity (Wildman–Crippen MR) is 103 cm³/mol. The monoisotopic (exact) mass is 434 g/mol. The van der Waals surface area contributed by atoms with Crippen LogP contribution in [-0.2, 0) is 9.59 Å². The summed E-state index contributed by atoms with van der Waals surface area (Å²) in [6, 6.07) is 2.79. The summed E-state index contributed by atoms with van der Waals surface area (Å²) in [5.74, 6) is -1.85. The van der Waals surface area contributed by atoms with E-state index in [0.29, 0.717) is 25.9 Å². The number of imide groups is 1. The van der Waals surface area contributed by atoms with Gasteiger partial charge in [-0.05, 0) is 43.2 Å². The molecule has 1 aromatic rings. The third-order valence-electron chi connectivity index (χ3n) is 6.79. The maximum absolute atomic E-state index is 13.9. The van der Waals surface area contributed by atoms with E-state index in [1.165, 1.54) is 28.0 Å². The van der Waals surface area contributed by atoms with Crippen LogP contribution in [0.5, 0.6) is 0 Å². The Balaban J connectivity index is 1.39. The minimum Gasteiger partial charge on any atom is -0.338 e. The van der Waals surface area contributed by atoms with Gasteiger partial charge in [0.1, 0.15) is 17.4 Å². The summed E-state index contributed by atoms with van der Waals surface area (Å²) in [4.78, 5) is 53.3. The van der Waals surface area contributed by atoms with E-state index < -0.39 is 35.2 Å². The van der Waals surface area contributed by atoms with Gasteiger partial charge in [0, 0.05) is 13.1 Å². The van der Waals surface area contributed by atoms with Crippen molar-refractivity contribution in [1.29, 1.82) is 0 Å². The first-order valence-corrected chi connectivity index (χ1v) is 10.3. The third kappa shape index (κ3) is 2.86. The fourth-order valence-electron chi connectivity index (χ4n) is 4.88. The van der Waals surface area contributed by atoms with Crippen LogP contribution in [0.15, 0.2) is 18.2 Å². The molecular weight excluding hydrogens is 415 g/mol. The number of halogens is 2. The Hall–Kier alpha value is -2.68. The molecule has 5 amide bonds. The van der Waals surface area contributed by atoms with Crippen LogP contribution in [0.4, 0.5) is 9.18 Å². The largest absolute Gasteiger partial charge is 0.338 e. The molecule has 1 aromatic carbocycles. The van der Waals surface area contributed by atoms with Crippen molar-refractivity contribution in [3.05, 3.63) is 34.6 Å². The summed E-state index contributed by atoms with van der Waals surface area (Å²) in [7, 11) is 0. The molecular formula is C20H20ClFN4O4. The van der Waals surface area contributed by atoms with Crippen LogP contribution >= 0.6 is 11.6 Å². The predicted octanol–water partition coefficient (Wildman–Crippen LogP) is 1.28. The molecule has 1 aliphatic carbocycles. The molecule has 4 aliphatic rings. The molecule has 5 rings (SSSR count).